The van der Waals surface area contributed by atoms with Crippen LogP contribution in [0.1, 0.15) is 16.1 Å². The molecule has 1 aliphatic heterocycles. The first kappa shape index (κ1) is 15.8. The predicted octanol–water partition coefficient (Wildman–Crippen LogP) is 2.49. The van der Waals surface area contributed by atoms with E-state index in [1.54, 1.807) is 23.6 Å². The molecule has 134 valence electrons. The van der Waals surface area contributed by atoms with Gasteiger partial charge in [0, 0.05) is 31.1 Å². The standard InChI is InChI=1S/C18H15N7OS/c19-18-21-7-5-14(24-18)25-8-11(15-12(25)4-6-20-17(15)26)23-10-2-1-3-13-16(10)22-9-27-13/h1-3,5,7-9,23H,4,6H2,(H,20,26)(H2,19,21,24). The topological polar surface area (TPSA) is 111 Å². The highest BCUT2D eigenvalue weighted by molar-refractivity contribution is 7.16. The van der Waals surface area contributed by atoms with Crippen LogP contribution in [0, 0.1) is 0 Å². The van der Waals surface area contributed by atoms with E-state index in [1.807, 2.05) is 34.5 Å². The first-order chi connectivity index (χ1) is 13.2. The van der Waals surface area contributed by atoms with Crippen molar-refractivity contribution in [1.29, 1.82) is 0 Å². The minimum absolute atomic E-state index is 0.106. The lowest BCUT2D eigenvalue weighted by atomic mass is 10.1. The summed E-state index contributed by atoms with van der Waals surface area (Å²) in [7, 11) is 0. The summed E-state index contributed by atoms with van der Waals surface area (Å²) >= 11 is 1.58. The van der Waals surface area contributed by atoms with Crippen LogP contribution in [0.15, 0.2) is 42.2 Å². The number of fused-ring (bicyclic) bond motifs is 2. The van der Waals surface area contributed by atoms with Crippen molar-refractivity contribution in [2.24, 2.45) is 0 Å². The fourth-order valence-electron chi connectivity index (χ4n) is 3.36. The van der Waals surface area contributed by atoms with Gasteiger partial charge in [-0.3, -0.25) is 4.79 Å². The van der Waals surface area contributed by atoms with Crippen LogP contribution in [-0.2, 0) is 6.42 Å². The van der Waals surface area contributed by atoms with Gasteiger partial charge in [-0.2, -0.15) is 4.98 Å². The second-order valence-corrected chi connectivity index (χ2v) is 7.03. The number of para-hydroxylation sites is 1. The SMILES string of the molecule is Nc1nccc(-n2cc(Nc3cccc4scnc34)c3c2CCNC3=O)n1. The Kier molecular flexibility index (Phi) is 3.54. The molecule has 0 atom stereocenters. The molecule has 0 unspecified atom stereocenters. The third kappa shape index (κ3) is 2.59. The van der Waals surface area contributed by atoms with E-state index in [1.165, 1.54) is 0 Å². The average Bonchev–Trinajstić information content (AvgIpc) is 3.28. The fraction of sp³-hybridized carbons (Fsp3) is 0.111. The normalized spacial score (nSPS) is 13.4. The lowest BCUT2D eigenvalue weighted by Gasteiger charge is -2.16. The summed E-state index contributed by atoms with van der Waals surface area (Å²) < 4.78 is 2.98. The molecule has 8 nitrogen and oxygen atoms in total. The molecule has 1 aromatic carbocycles. The van der Waals surface area contributed by atoms with Crippen LogP contribution in [0.3, 0.4) is 0 Å². The Morgan fingerprint density at radius 3 is 3.04 bits per heavy atom. The van der Waals surface area contributed by atoms with Crippen molar-refractivity contribution in [3.63, 3.8) is 0 Å². The molecule has 0 saturated carbocycles. The highest BCUT2D eigenvalue weighted by Gasteiger charge is 2.26. The Labute approximate surface area is 158 Å². The lowest BCUT2D eigenvalue weighted by Crippen LogP contribution is -2.32. The van der Waals surface area contributed by atoms with Gasteiger partial charge in [0.1, 0.15) is 11.3 Å². The van der Waals surface area contributed by atoms with Crippen molar-refractivity contribution in [3.8, 4) is 5.82 Å². The van der Waals surface area contributed by atoms with Gasteiger partial charge < -0.3 is 20.9 Å². The summed E-state index contributed by atoms with van der Waals surface area (Å²) in [4.78, 5) is 25.3. The van der Waals surface area contributed by atoms with Crippen molar-refractivity contribution >= 4 is 44.8 Å². The maximum atomic E-state index is 12.6. The van der Waals surface area contributed by atoms with Crippen LogP contribution < -0.4 is 16.4 Å². The van der Waals surface area contributed by atoms with E-state index < -0.39 is 0 Å². The van der Waals surface area contributed by atoms with Crippen molar-refractivity contribution in [3.05, 3.63) is 53.4 Å². The van der Waals surface area contributed by atoms with Gasteiger partial charge >= 0.3 is 0 Å². The van der Waals surface area contributed by atoms with Crippen LogP contribution in [-0.4, -0.2) is 32.0 Å². The fourth-order valence-corrected chi connectivity index (χ4v) is 4.06. The summed E-state index contributed by atoms with van der Waals surface area (Å²) in [6.07, 6.45) is 4.19. The molecule has 4 N–H and O–H groups in total. The summed E-state index contributed by atoms with van der Waals surface area (Å²) in [6, 6.07) is 7.72. The maximum Gasteiger partial charge on any atom is 0.255 e. The minimum atomic E-state index is -0.106. The lowest BCUT2D eigenvalue weighted by molar-refractivity contribution is 0.0946. The Morgan fingerprint density at radius 2 is 2.15 bits per heavy atom. The number of anilines is 3. The van der Waals surface area contributed by atoms with Gasteiger partial charge in [0.2, 0.25) is 5.95 Å². The first-order valence-corrected chi connectivity index (χ1v) is 9.29. The number of nitrogen functional groups attached to an aromatic ring is 1. The zero-order valence-electron chi connectivity index (χ0n) is 14.1. The van der Waals surface area contributed by atoms with E-state index in [0.717, 1.165) is 21.6 Å². The second-order valence-electron chi connectivity index (χ2n) is 6.14. The number of thiazole rings is 1. The molecule has 0 bridgehead atoms. The molecule has 0 spiro atoms. The number of benzene rings is 1. The minimum Gasteiger partial charge on any atom is -0.368 e. The molecule has 0 radical (unpaired) electrons. The molecule has 5 rings (SSSR count). The van der Waals surface area contributed by atoms with E-state index >= 15 is 0 Å². The Balaban J connectivity index is 1.66. The van der Waals surface area contributed by atoms with Crippen LogP contribution in [0.4, 0.5) is 17.3 Å². The number of aromatic nitrogens is 4. The smallest absolute Gasteiger partial charge is 0.255 e. The van der Waals surface area contributed by atoms with Gasteiger partial charge in [0.15, 0.2) is 0 Å². The molecule has 3 aromatic heterocycles. The van der Waals surface area contributed by atoms with Gasteiger partial charge in [0.05, 0.1) is 27.1 Å². The highest BCUT2D eigenvalue weighted by atomic mass is 32.1. The van der Waals surface area contributed by atoms with Crippen molar-refractivity contribution < 1.29 is 4.79 Å². The molecule has 27 heavy (non-hydrogen) atoms. The van der Waals surface area contributed by atoms with E-state index in [-0.39, 0.29) is 11.9 Å². The number of amides is 1. The molecule has 4 heterocycles. The zero-order chi connectivity index (χ0) is 18.4. The number of hydrogen-bond donors (Lipinski definition) is 3. The number of rotatable bonds is 3. The van der Waals surface area contributed by atoms with Crippen molar-refractivity contribution in [2.45, 2.75) is 6.42 Å². The molecule has 0 fully saturated rings. The summed E-state index contributed by atoms with van der Waals surface area (Å²) in [6.45, 7) is 0.581. The van der Waals surface area contributed by atoms with Crippen LogP contribution >= 0.6 is 11.3 Å². The van der Waals surface area contributed by atoms with Crippen LogP contribution in [0.2, 0.25) is 0 Å². The highest BCUT2D eigenvalue weighted by Crippen LogP contribution is 2.33. The van der Waals surface area contributed by atoms with E-state index in [9.17, 15) is 4.79 Å². The molecule has 9 heteroatoms. The Hall–Kier alpha value is -3.46. The summed E-state index contributed by atoms with van der Waals surface area (Å²) in [5.41, 5.74) is 11.5. The molecule has 1 amide bonds. The van der Waals surface area contributed by atoms with Gasteiger partial charge in [-0.15, -0.1) is 11.3 Å². The van der Waals surface area contributed by atoms with Crippen molar-refractivity contribution in [1.82, 2.24) is 24.8 Å². The molecular formula is C18H15N7OS. The summed E-state index contributed by atoms with van der Waals surface area (Å²) in [5.74, 6) is 0.718. The monoisotopic (exact) mass is 377 g/mol. The first-order valence-electron chi connectivity index (χ1n) is 8.41. The second kappa shape index (κ2) is 6.06. The number of nitrogens with zero attached hydrogens (tertiary/aromatic N) is 4. The largest absolute Gasteiger partial charge is 0.368 e. The zero-order valence-corrected chi connectivity index (χ0v) is 15.0. The Morgan fingerprint density at radius 1 is 1.22 bits per heavy atom. The molecule has 1 aliphatic rings. The summed E-state index contributed by atoms with van der Waals surface area (Å²) in [5, 5.41) is 6.29. The van der Waals surface area contributed by atoms with E-state index in [0.29, 0.717) is 30.0 Å². The molecule has 0 saturated heterocycles. The van der Waals surface area contributed by atoms with E-state index in [2.05, 4.69) is 25.6 Å². The van der Waals surface area contributed by atoms with Crippen LogP contribution in [0.25, 0.3) is 16.0 Å². The van der Waals surface area contributed by atoms with Crippen LogP contribution in [0.5, 0.6) is 0 Å². The molecule has 0 aliphatic carbocycles. The van der Waals surface area contributed by atoms with Gasteiger partial charge in [-0.1, -0.05) is 6.07 Å². The molecule has 4 aromatic rings. The average molecular weight is 377 g/mol. The quantitative estimate of drug-likeness (QED) is 0.506. The number of nitrogens with two attached hydrogens (primary N) is 1. The number of carbonyl (C=O) groups is 1. The van der Waals surface area contributed by atoms with Gasteiger partial charge in [-0.25, -0.2) is 9.97 Å². The third-order valence-electron chi connectivity index (χ3n) is 4.52. The van der Waals surface area contributed by atoms with Crippen molar-refractivity contribution in [2.75, 3.05) is 17.6 Å². The van der Waals surface area contributed by atoms with E-state index in [4.69, 9.17) is 5.73 Å². The number of carbonyl (C=O) groups excluding carboxylic acids is 1. The van der Waals surface area contributed by atoms with Gasteiger partial charge in [0.25, 0.3) is 5.91 Å². The Bertz CT molecular complexity index is 1180. The molecular weight excluding hydrogens is 362 g/mol. The number of hydrogen-bond acceptors (Lipinski definition) is 7. The maximum absolute atomic E-state index is 12.6. The van der Waals surface area contributed by atoms with Gasteiger partial charge in [-0.05, 0) is 18.2 Å². The number of nitrogens with one attached hydrogen (secondary N) is 2. The third-order valence-corrected chi connectivity index (χ3v) is 5.31. The predicted molar refractivity (Wildman–Crippen MR) is 105 cm³/mol.